The van der Waals surface area contributed by atoms with Crippen molar-refractivity contribution in [2.75, 3.05) is 59.0 Å². The quantitative estimate of drug-likeness (QED) is 0.388. The van der Waals surface area contributed by atoms with Crippen LogP contribution in [0.15, 0.2) is 64.4 Å². The molecule has 0 atom stereocenters. The molecule has 0 radical (unpaired) electrons. The Balaban J connectivity index is 1.36. The molecular formula is C29H35N3O7S2. The number of sulfonamides is 2. The molecule has 2 aliphatic rings. The molecule has 1 saturated heterocycles. The Morgan fingerprint density at radius 3 is 1.88 bits per heavy atom. The number of methoxy groups -OCH3 is 3. The van der Waals surface area contributed by atoms with Gasteiger partial charge in [-0.15, -0.1) is 0 Å². The summed E-state index contributed by atoms with van der Waals surface area (Å²) in [5.41, 5.74) is 3.40. The Hall–Kier alpha value is -3.32. The molecule has 0 aliphatic carbocycles. The van der Waals surface area contributed by atoms with Crippen LogP contribution in [0.2, 0.25) is 0 Å². The molecule has 12 heteroatoms. The second kappa shape index (κ2) is 11.5. The molecular weight excluding hydrogens is 566 g/mol. The molecule has 0 unspecified atom stereocenters. The molecule has 3 aromatic carbocycles. The molecule has 0 bridgehead atoms. The van der Waals surface area contributed by atoms with Crippen LogP contribution in [0.5, 0.6) is 17.2 Å². The highest BCUT2D eigenvalue weighted by Gasteiger charge is 2.33. The molecule has 2 aliphatic heterocycles. The summed E-state index contributed by atoms with van der Waals surface area (Å²) in [6.07, 6.45) is 0.551. The molecule has 5 rings (SSSR count). The SMILES string of the molecule is COc1cc2c(cc1OC)CN(S(=O)(=O)c1ccc(OC)c(N3CCN(S(=O)(=O)c4cccc(C)c4)CC3)c1)CC2. The highest BCUT2D eigenvalue weighted by Crippen LogP contribution is 2.37. The first kappa shape index (κ1) is 29.2. The van der Waals surface area contributed by atoms with Gasteiger partial charge < -0.3 is 19.1 Å². The topological polar surface area (TPSA) is 106 Å². The van der Waals surface area contributed by atoms with Crippen molar-refractivity contribution in [2.45, 2.75) is 29.7 Å². The summed E-state index contributed by atoms with van der Waals surface area (Å²) in [7, 11) is -2.79. The van der Waals surface area contributed by atoms with E-state index in [2.05, 4.69) is 0 Å². The fraction of sp³-hybridized carbons (Fsp3) is 0.379. The van der Waals surface area contributed by atoms with E-state index in [0.29, 0.717) is 49.0 Å². The van der Waals surface area contributed by atoms with Gasteiger partial charge in [0.2, 0.25) is 20.0 Å². The van der Waals surface area contributed by atoms with Crippen molar-refractivity contribution in [1.29, 1.82) is 0 Å². The number of benzene rings is 3. The fourth-order valence-electron chi connectivity index (χ4n) is 5.38. The van der Waals surface area contributed by atoms with Gasteiger partial charge in [0.15, 0.2) is 11.5 Å². The largest absolute Gasteiger partial charge is 0.495 e. The van der Waals surface area contributed by atoms with Crippen molar-refractivity contribution >= 4 is 25.7 Å². The summed E-state index contributed by atoms with van der Waals surface area (Å²) < 4.78 is 73.4. The Morgan fingerprint density at radius 1 is 0.634 bits per heavy atom. The zero-order valence-corrected chi connectivity index (χ0v) is 25.3. The molecule has 0 aromatic heterocycles. The first-order valence-corrected chi connectivity index (χ1v) is 16.2. The minimum Gasteiger partial charge on any atom is -0.495 e. The van der Waals surface area contributed by atoms with Crippen molar-refractivity contribution in [1.82, 2.24) is 8.61 Å². The average molecular weight is 602 g/mol. The van der Waals surface area contributed by atoms with Crippen molar-refractivity contribution in [2.24, 2.45) is 0 Å². The zero-order chi connectivity index (χ0) is 29.4. The number of anilines is 1. The number of ether oxygens (including phenoxy) is 3. The maximum absolute atomic E-state index is 13.8. The van der Waals surface area contributed by atoms with E-state index in [0.717, 1.165) is 16.7 Å². The van der Waals surface area contributed by atoms with Crippen LogP contribution in [0.25, 0.3) is 0 Å². The smallest absolute Gasteiger partial charge is 0.243 e. The maximum atomic E-state index is 13.8. The van der Waals surface area contributed by atoms with Crippen molar-refractivity contribution in [3.05, 3.63) is 71.3 Å². The molecule has 3 aromatic rings. The third kappa shape index (κ3) is 5.61. The van der Waals surface area contributed by atoms with Crippen LogP contribution in [0.1, 0.15) is 16.7 Å². The van der Waals surface area contributed by atoms with Gasteiger partial charge in [-0.1, -0.05) is 12.1 Å². The average Bonchev–Trinajstić information content (AvgIpc) is 2.99. The lowest BCUT2D eigenvalue weighted by atomic mass is 10.0. The molecule has 1 fully saturated rings. The number of nitrogens with zero attached hydrogens (tertiary/aromatic N) is 3. The monoisotopic (exact) mass is 601 g/mol. The summed E-state index contributed by atoms with van der Waals surface area (Å²) >= 11 is 0. The molecule has 10 nitrogen and oxygen atoms in total. The van der Waals surface area contributed by atoms with Crippen molar-refractivity contribution in [3.8, 4) is 17.2 Å². The summed E-state index contributed by atoms with van der Waals surface area (Å²) in [5.74, 6) is 1.70. The van der Waals surface area contributed by atoms with Gasteiger partial charge in [0.05, 0.1) is 36.8 Å². The van der Waals surface area contributed by atoms with Crippen LogP contribution in [-0.4, -0.2) is 79.5 Å². The first-order chi connectivity index (χ1) is 19.6. The van der Waals surface area contributed by atoms with Gasteiger partial charge in [-0.3, -0.25) is 0 Å². The van der Waals surface area contributed by atoms with Gasteiger partial charge in [0, 0.05) is 39.3 Å². The maximum Gasteiger partial charge on any atom is 0.243 e. The summed E-state index contributed by atoms with van der Waals surface area (Å²) in [5, 5.41) is 0. The highest BCUT2D eigenvalue weighted by molar-refractivity contribution is 7.89. The minimum absolute atomic E-state index is 0.159. The number of piperazine rings is 1. The Bertz CT molecular complexity index is 1650. The van der Waals surface area contributed by atoms with Crippen LogP contribution in [0.3, 0.4) is 0 Å². The van der Waals surface area contributed by atoms with Gasteiger partial charge in [-0.25, -0.2) is 16.8 Å². The summed E-state index contributed by atoms with van der Waals surface area (Å²) in [6, 6.07) is 15.5. The zero-order valence-electron chi connectivity index (χ0n) is 23.7. The fourth-order valence-corrected chi connectivity index (χ4v) is 8.35. The number of aryl methyl sites for hydroxylation is 1. The predicted molar refractivity (Wildman–Crippen MR) is 156 cm³/mol. The molecule has 2 heterocycles. The molecule has 0 spiro atoms. The van der Waals surface area contributed by atoms with Crippen molar-refractivity contribution in [3.63, 3.8) is 0 Å². The Morgan fingerprint density at radius 2 is 1.24 bits per heavy atom. The van der Waals surface area contributed by atoms with Crippen LogP contribution in [-0.2, 0) is 33.0 Å². The number of fused-ring (bicyclic) bond motifs is 1. The standard InChI is InChI=1S/C29H35N3O7S2/c1-21-6-5-7-24(16-21)40(33,34)31-14-12-30(13-15-31)26-19-25(8-9-27(26)37-2)41(35,36)32-11-10-22-17-28(38-3)29(39-4)18-23(22)20-32/h5-9,16-19H,10-15,20H2,1-4H3. The van der Waals surface area contributed by atoms with Gasteiger partial charge in [0.25, 0.3) is 0 Å². The lowest BCUT2D eigenvalue weighted by molar-refractivity contribution is 0.348. The minimum atomic E-state index is -3.83. The lowest BCUT2D eigenvalue weighted by Gasteiger charge is -2.36. The van der Waals surface area contributed by atoms with E-state index in [1.54, 1.807) is 50.6 Å². The van der Waals surface area contributed by atoms with E-state index >= 15 is 0 Å². The van der Waals surface area contributed by atoms with E-state index in [9.17, 15) is 16.8 Å². The summed E-state index contributed by atoms with van der Waals surface area (Å²) in [4.78, 5) is 2.41. The number of hydrogen-bond acceptors (Lipinski definition) is 8. The van der Waals surface area contributed by atoms with E-state index in [-0.39, 0.29) is 29.4 Å². The van der Waals surface area contributed by atoms with Crippen LogP contribution in [0.4, 0.5) is 5.69 Å². The van der Waals surface area contributed by atoms with Gasteiger partial charge in [0.1, 0.15) is 5.75 Å². The highest BCUT2D eigenvalue weighted by atomic mass is 32.2. The number of rotatable bonds is 8. The Labute approximate surface area is 242 Å². The second-order valence-corrected chi connectivity index (χ2v) is 14.0. The van der Waals surface area contributed by atoms with E-state index in [1.807, 2.05) is 30.0 Å². The normalized spacial score (nSPS) is 16.7. The van der Waals surface area contributed by atoms with Crippen LogP contribution in [0, 0.1) is 6.92 Å². The van der Waals surface area contributed by atoms with E-state index in [1.165, 1.54) is 15.7 Å². The third-order valence-corrected chi connectivity index (χ3v) is 11.4. The lowest BCUT2D eigenvalue weighted by Crippen LogP contribution is -2.48. The third-order valence-electron chi connectivity index (χ3n) is 7.68. The second-order valence-electron chi connectivity index (χ2n) is 10.1. The summed E-state index contributed by atoms with van der Waals surface area (Å²) in [6.45, 7) is 3.74. The van der Waals surface area contributed by atoms with Gasteiger partial charge >= 0.3 is 0 Å². The van der Waals surface area contributed by atoms with Gasteiger partial charge in [-0.05, 0) is 72.5 Å². The molecule has 0 saturated carbocycles. The molecule has 220 valence electrons. The predicted octanol–water partition coefficient (Wildman–Crippen LogP) is 3.28. The number of hydrogen-bond donors (Lipinski definition) is 0. The van der Waals surface area contributed by atoms with Crippen LogP contribution >= 0.6 is 0 Å². The van der Waals surface area contributed by atoms with Crippen molar-refractivity contribution < 1.29 is 31.0 Å². The van der Waals surface area contributed by atoms with E-state index in [4.69, 9.17) is 14.2 Å². The van der Waals surface area contributed by atoms with Gasteiger partial charge in [-0.2, -0.15) is 8.61 Å². The molecule has 0 N–H and O–H groups in total. The van der Waals surface area contributed by atoms with Crippen LogP contribution < -0.4 is 19.1 Å². The van der Waals surface area contributed by atoms with E-state index < -0.39 is 20.0 Å². The Kier molecular flexibility index (Phi) is 8.20. The molecule has 0 amide bonds. The molecule has 41 heavy (non-hydrogen) atoms. The first-order valence-electron chi connectivity index (χ1n) is 13.3.